The highest BCUT2D eigenvalue weighted by Gasteiger charge is 2.12. The first-order valence-electron chi connectivity index (χ1n) is 6.40. The second kappa shape index (κ2) is 5.58. The van der Waals surface area contributed by atoms with Gasteiger partial charge in [0.05, 0.1) is 16.8 Å². The quantitative estimate of drug-likeness (QED) is 0.679. The van der Waals surface area contributed by atoms with Crippen molar-refractivity contribution >= 4 is 27.5 Å². The fourth-order valence-corrected chi connectivity index (χ4v) is 3.13. The number of amides is 1. The molecule has 0 radical (unpaired) electrons. The van der Waals surface area contributed by atoms with Gasteiger partial charge in [-0.15, -0.1) is 6.42 Å². The molecule has 0 fully saturated rings. The first kappa shape index (κ1) is 14.2. The molecule has 0 saturated carbocycles. The Balaban J connectivity index is 2.20. The lowest BCUT2D eigenvalue weighted by Gasteiger charge is -2.00. The number of terminal acetylenes is 1. The number of fused-ring (bicyclic) bond motifs is 1. The number of rotatable bonds is 2. The van der Waals surface area contributed by atoms with Crippen molar-refractivity contribution < 1.29 is 9.18 Å². The maximum Gasteiger partial charge on any atom is 0.300 e. The minimum absolute atomic E-state index is 0.134. The molecule has 0 atom stereocenters. The van der Waals surface area contributed by atoms with E-state index in [0.717, 1.165) is 0 Å². The second-order valence-electron chi connectivity index (χ2n) is 4.55. The Labute approximate surface area is 129 Å². The van der Waals surface area contributed by atoms with Crippen LogP contribution in [0, 0.1) is 18.2 Å². The summed E-state index contributed by atoms with van der Waals surface area (Å²) in [6.45, 7) is 0.134. The first-order valence-corrected chi connectivity index (χ1v) is 7.22. The smallest absolute Gasteiger partial charge is 0.300 e. The molecule has 2 heterocycles. The van der Waals surface area contributed by atoms with E-state index < -0.39 is 11.7 Å². The monoisotopic (exact) mass is 314 g/mol. The summed E-state index contributed by atoms with van der Waals surface area (Å²) in [5, 5.41) is 4.01. The van der Waals surface area contributed by atoms with Crippen molar-refractivity contribution in [3.05, 3.63) is 46.8 Å². The molecule has 7 heteroatoms. The minimum atomic E-state index is -0.488. The van der Waals surface area contributed by atoms with Crippen molar-refractivity contribution in [2.75, 3.05) is 0 Å². The maximum atomic E-state index is 14.0. The summed E-state index contributed by atoms with van der Waals surface area (Å²) in [5.41, 5.74) is 0.589. The van der Waals surface area contributed by atoms with Crippen molar-refractivity contribution in [3.8, 4) is 12.3 Å². The molecule has 0 aliphatic carbocycles. The van der Waals surface area contributed by atoms with Crippen LogP contribution in [0.2, 0.25) is 0 Å². The fourth-order valence-electron chi connectivity index (χ4n) is 2.08. The number of aromatic nitrogens is 3. The molecule has 22 heavy (non-hydrogen) atoms. The highest BCUT2D eigenvalue weighted by atomic mass is 32.1. The van der Waals surface area contributed by atoms with Crippen molar-refractivity contribution in [2.24, 2.45) is 12.0 Å². The lowest BCUT2D eigenvalue weighted by atomic mass is 10.3. The topological polar surface area (TPSA) is 52.2 Å². The number of hydrogen-bond acceptors (Lipinski definition) is 3. The van der Waals surface area contributed by atoms with Gasteiger partial charge in [0.15, 0.2) is 10.5 Å². The van der Waals surface area contributed by atoms with Crippen molar-refractivity contribution in [1.82, 2.24) is 14.3 Å². The molecular formula is C15H11FN4OS. The van der Waals surface area contributed by atoms with Gasteiger partial charge in [0.1, 0.15) is 5.82 Å². The Morgan fingerprint density at radius 3 is 3.00 bits per heavy atom. The Morgan fingerprint density at radius 2 is 2.32 bits per heavy atom. The van der Waals surface area contributed by atoms with Gasteiger partial charge in [0, 0.05) is 13.2 Å². The van der Waals surface area contributed by atoms with E-state index in [1.807, 2.05) is 0 Å². The summed E-state index contributed by atoms with van der Waals surface area (Å²) in [6, 6.07) is 6.30. The van der Waals surface area contributed by atoms with Crippen LogP contribution in [-0.2, 0) is 13.6 Å². The molecular weight excluding hydrogens is 303 g/mol. The van der Waals surface area contributed by atoms with Crippen LogP contribution in [0.3, 0.4) is 0 Å². The number of aryl methyl sites for hydroxylation is 1. The highest BCUT2D eigenvalue weighted by molar-refractivity contribution is 7.16. The summed E-state index contributed by atoms with van der Waals surface area (Å²) in [5.74, 6) is 1.58. The van der Waals surface area contributed by atoms with Crippen LogP contribution in [-0.4, -0.2) is 20.3 Å². The van der Waals surface area contributed by atoms with E-state index in [1.165, 1.54) is 26.7 Å². The van der Waals surface area contributed by atoms with E-state index in [-0.39, 0.29) is 12.2 Å². The van der Waals surface area contributed by atoms with Crippen molar-refractivity contribution in [1.29, 1.82) is 0 Å². The zero-order valence-electron chi connectivity index (χ0n) is 11.7. The van der Waals surface area contributed by atoms with Crippen LogP contribution >= 0.6 is 11.3 Å². The van der Waals surface area contributed by atoms with Crippen LogP contribution in [0.25, 0.3) is 10.2 Å². The number of carbonyl (C=O) groups excluding carboxylic acids is 1. The molecule has 0 spiro atoms. The summed E-state index contributed by atoms with van der Waals surface area (Å²) >= 11 is 1.21. The molecule has 0 aliphatic heterocycles. The number of halogens is 1. The standard InChI is InChI=1S/C15H11FN4OS/c1-3-8-20-13-10(16)5-4-6-12(13)22-15(20)17-14(21)11-7-9-19(2)18-11/h1,4-7,9H,8H2,2H3. The predicted molar refractivity (Wildman–Crippen MR) is 81.7 cm³/mol. The molecule has 0 bridgehead atoms. The predicted octanol–water partition coefficient (Wildman–Crippen LogP) is 1.95. The Bertz CT molecular complexity index is 973. The van der Waals surface area contributed by atoms with Gasteiger partial charge < -0.3 is 4.57 Å². The van der Waals surface area contributed by atoms with Crippen molar-refractivity contribution in [2.45, 2.75) is 6.54 Å². The minimum Gasteiger partial charge on any atom is -0.302 e. The summed E-state index contributed by atoms with van der Waals surface area (Å²) < 4.78 is 17.7. The lowest BCUT2D eigenvalue weighted by Crippen LogP contribution is -2.17. The summed E-state index contributed by atoms with van der Waals surface area (Å²) in [6.07, 6.45) is 7.00. The fraction of sp³-hybridized carbons (Fsp3) is 0.133. The SMILES string of the molecule is C#CCn1c(=NC(=O)c2ccn(C)n2)sc2cccc(F)c21. The van der Waals surface area contributed by atoms with Crippen LogP contribution in [0.5, 0.6) is 0 Å². The van der Waals surface area contributed by atoms with E-state index in [2.05, 4.69) is 16.0 Å². The maximum absolute atomic E-state index is 14.0. The third kappa shape index (κ3) is 2.44. The lowest BCUT2D eigenvalue weighted by molar-refractivity contribution is 0.0992. The molecule has 3 rings (SSSR count). The molecule has 5 nitrogen and oxygen atoms in total. The van der Waals surface area contributed by atoms with Crippen molar-refractivity contribution in [3.63, 3.8) is 0 Å². The van der Waals surface area contributed by atoms with Gasteiger partial charge >= 0.3 is 0 Å². The van der Waals surface area contributed by atoms with Gasteiger partial charge in [-0.25, -0.2) is 4.39 Å². The zero-order valence-corrected chi connectivity index (χ0v) is 12.5. The second-order valence-corrected chi connectivity index (χ2v) is 5.56. The summed E-state index contributed by atoms with van der Waals surface area (Å²) in [4.78, 5) is 16.6. The third-order valence-corrected chi connectivity index (χ3v) is 4.07. The van der Waals surface area contributed by atoms with E-state index in [0.29, 0.717) is 15.0 Å². The van der Waals surface area contributed by atoms with E-state index in [4.69, 9.17) is 6.42 Å². The number of thiazole rings is 1. The zero-order chi connectivity index (χ0) is 15.7. The van der Waals surface area contributed by atoms with Crippen LogP contribution in [0.1, 0.15) is 10.5 Å². The highest BCUT2D eigenvalue weighted by Crippen LogP contribution is 2.20. The Morgan fingerprint density at radius 1 is 1.50 bits per heavy atom. The normalized spacial score (nSPS) is 11.8. The number of benzene rings is 1. The van der Waals surface area contributed by atoms with E-state index >= 15 is 0 Å². The van der Waals surface area contributed by atoms with Gasteiger partial charge in [-0.1, -0.05) is 23.3 Å². The number of nitrogens with zero attached hydrogens (tertiary/aromatic N) is 4. The molecule has 110 valence electrons. The number of para-hydroxylation sites is 1. The van der Waals surface area contributed by atoms with Crippen LogP contribution in [0.15, 0.2) is 35.5 Å². The van der Waals surface area contributed by atoms with Gasteiger partial charge in [-0.2, -0.15) is 10.1 Å². The first-order chi connectivity index (χ1) is 10.6. The average Bonchev–Trinajstić information content (AvgIpc) is 3.05. The number of carbonyl (C=O) groups is 1. The molecule has 1 aromatic carbocycles. The third-order valence-electron chi connectivity index (χ3n) is 3.03. The molecule has 2 aromatic heterocycles. The van der Waals surface area contributed by atoms with Crippen LogP contribution in [0.4, 0.5) is 4.39 Å². The largest absolute Gasteiger partial charge is 0.302 e. The Kier molecular flexibility index (Phi) is 3.61. The molecule has 0 saturated heterocycles. The van der Waals surface area contributed by atoms with Crippen LogP contribution < -0.4 is 4.80 Å². The van der Waals surface area contributed by atoms with Gasteiger partial charge in [0.25, 0.3) is 5.91 Å². The molecule has 0 aliphatic rings. The van der Waals surface area contributed by atoms with E-state index in [9.17, 15) is 9.18 Å². The molecule has 0 N–H and O–H groups in total. The molecule has 3 aromatic rings. The van der Waals surface area contributed by atoms with E-state index in [1.54, 1.807) is 31.4 Å². The Hall–Kier alpha value is -2.72. The summed E-state index contributed by atoms with van der Waals surface area (Å²) in [7, 11) is 1.71. The molecule has 1 amide bonds. The molecule has 0 unspecified atom stereocenters. The van der Waals surface area contributed by atoms with Gasteiger partial charge in [-0.3, -0.25) is 9.48 Å². The average molecular weight is 314 g/mol. The number of hydrogen-bond donors (Lipinski definition) is 0. The van der Waals surface area contributed by atoms with Gasteiger partial charge in [0.2, 0.25) is 0 Å². The van der Waals surface area contributed by atoms with Gasteiger partial charge in [-0.05, 0) is 18.2 Å².